The lowest BCUT2D eigenvalue weighted by Gasteiger charge is -2.35. The summed E-state index contributed by atoms with van der Waals surface area (Å²) in [6.07, 6.45) is 2.35. The van der Waals surface area contributed by atoms with E-state index in [1.54, 1.807) is 6.20 Å². The summed E-state index contributed by atoms with van der Waals surface area (Å²) in [6, 6.07) is 11.4. The lowest BCUT2D eigenvalue weighted by Crippen LogP contribution is -2.49. The van der Waals surface area contributed by atoms with E-state index >= 15 is 0 Å². The lowest BCUT2D eigenvalue weighted by atomic mass is 10.0. The van der Waals surface area contributed by atoms with Gasteiger partial charge in [0.15, 0.2) is 0 Å². The molecule has 1 aromatic carbocycles. The van der Waals surface area contributed by atoms with Gasteiger partial charge in [0.25, 0.3) is 0 Å². The summed E-state index contributed by atoms with van der Waals surface area (Å²) in [6.45, 7) is 4.71. The molecule has 2 amide bonds. The van der Waals surface area contributed by atoms with E-state index in [4.69, 9.17) is 0 Å². The van der Waals surface area contributed by atoms with Gasteiger partial charge in [0.1, 0.15) is 11.6 Å². The zero-order chi connectivity index (χ0) is 19.9. The van der Waals surface area contributed by atoms with Crippen LogP contribution in [0.3, 0.4) is 0 Å². The quantitative estimate of drug-likeness (QED) is 0.832. The van der Waals surface area contributed by atoms with Crippen LogP contribution in [-0.4, -0.2) is 47.9 Å². The van der Waals surface area contributed by atoms with Crippen molar-refractivity contribution in [1.29, 1.82) is 0 Å². The summed E-state index contributed by atoms with van der Waals surface area (Å²) < 4.78 is 12.9. The number of nitrogens with zero attached hydrogens (tertiary/aromatic N) is 3. The average Bonchev–Trinajstić information content (AvgIpc) is 2.70. The molecule has 1 aromatic heterocycles. The van der Waals surface area contributed by atoms with Crippen molar-refractivity contribution in [3.63, 3.8) is 0 Å². The number of nitrogens with one attached hydrogen (secondary N) is 1. The Morgan fingerprint density at radius 1 is 1.07 bits per heavy atom. The second kappa shape index (κ2) is 9.30. The fraction of sp³-hybridized carbons (Fsp3) is 0.381. The SMILES string of the molecule is C[C@H](CC(=O)Nc1ccc(F)cc1)CC(=O)N1CCN(c2ccccn2)CC1. The van der Waals surface area contributed by atoms with Gasteiger partial charge in [-0.15, -0.1) is 0 Å². The van der Waals surface area contributed by atoms with E-state index in [9.17, 15) is 14.0 Å². The van der Waals surface area contributed by atoms with Crippen LogP contribution in [-0.2, 0) is 9.59 Å². The molecule has 1 aliphatic rings. The third kappa shape index (κ3) is 5.52. The molecule has 1 N–H and O–H groups in total. The van der Waals surface area contributed by atoms with E-state index < -0.39 is 0 Å². The highest BCUT2D eigenvalue weighted by molar-refractivity contribution is 5.91. The molecule has 28 heavy (non-hydrogen) atoms. The Bertz CT molecular complexity index is 790. The molecule has 148 valence electrons. The zero-order valence-electron chi connectivity index (χ0n) is 16.0. The largest absolute Gasteiger partial charge is 0.353 e. The summed E-state index contributed by atoms with van der Waals surface area (Å²) in [4.78, 5) is 33.0. The Balaban J connectivity index is 1.41. The summed E-state index contributed by atoms with van der Waals surface area (Å²) >= 11 is 0. The summed E-state index contributed by atoms with van der Waals surface area (Å²) in [5.74, 6) is 0.414. The summed E-state index contributed by atoms with van der Waals surface area (Å²) in [5.41, 5.74) is 0.551. The number of anilines is 2. The minimum absolute atomic E-state index is 0.0678. The van der Waals surface area contributed by atoms with Crippen LogP contribution in [0.5, 0.6) is 0 Å². The summed E-state index contributed by atoms with van der Waals surface area (Å²) in [7, 11) is 0. The van der Waals surface area contributed by atoms with E-state index in [1.807, 2.05) is 30.0 Å². The highest BCUT2D eigenvalue weighted by Gasteiger charge is 2.23. The van der Waals surface area contributed by atoms with Crippen molar-refractivity contribution in [1.82, 2.24) is 9.88 Å². The number of rotatable bonds is 6. The molecule has 6 nitrogen and oxygen atoms in total. The third-order valence-corrected chi connectivity index (χ3v) is 4.79. The van der Waals surface area contributed by atoms with Crippen molar-refractivity contribution < 1.29 is 14.0 Å². The molecule has 0 saturated carbocycles. The van der Waals surface area contributed by atoms with Crippen LogP contribution in [0.2, 0.25) is 0 Å². The van der Waals surface area contributed by atoms with Gasteiger partial charge < -0.3 is 15.1 Å². The minimum atomic E-state index is -0.347. The molecule has 0 radical (unpaired) electrons. The molecule has 0 aliphatic carbocycles. The molecule has 1 aliphatic heterocycles. The van der Waals surface area contributed by atoms with Crippen molar-refractivity contribution in [3.05, 3.63) is 54.5 Å². The number of pyridine rings is 1. The number of hydrogen-bond donors (Lipinski definition) is 1. The highest BCUT2D eigenvalue weighted by atomic mass is 19.1. The number of amides is 2. The Morgan fingerprint density at radius 3 is 2.43 bits per heavy atom. The van der Waals surface area contributed by atoms with Crippen LogP contribution < -0.4 is 10.2 Å². The highest BCUT2D eigenvalue weighted by Crippen LogP contribution is 2.16. The smallest absolute Gasteiger partial charge is 0.224 e. The molecule has 1 fully saturated rings. The predicted octanol–water partition coefficient (Wildman–Crippen LogP) is 2.92. The molecular formula is C21H25FN4O2. The van der Waals surface area contributed by atoms with Gasteiger partial charge in [0.05, 0.1) is 0 Å². The molecule has 0 unspecified atom stereocenters. The first-order valence-electron chi connectivity index (χ1n) is 9.50. The Hall–Kier alpha value is -2.96. The lowest BCUT2D eigenvalue weighted by molar-refractivity contribution is -0.132. The number of aromatic nitrogens is 1. The molecule has 2 heterocycles. The number of carbonyl (C=O) groups excluding carboxylic acids is 2. The van der Waals surface area contributed by atoms with Crippen LogP contribution in [0.4, 0.5) is 15.9 Å². The first kappa shape index (κ1) is 19.8. The molecule has 3 rings (SSSR count). The van der Waals surface area contributed by atoms with Crippen LogP contribution in [0.1, 0.15) is 19.8 Å². The number of piperazine rings is 1. The van der Waals surface area contributed by atoms with E-state index in [1.165, 1.54) is 24.3 Å². The van der Waals surface area contributed by atoms with Crippen molar-refractivity contribution in [2.75, 3.05) is 36.4 Å². The monoisotopic (exact) mass is 384 g/mol. The second-order valence-corrected chi connectivity index (χ2v) is 7.12. The van der Waals surface area contributed by atoms with Crippen LogP contribution in [0.25, 0.3) is 0 Å². The molecule has 1 saturated heterocycles. The molecular weight excluding hydrogens is 359 g/mol. The molecule has 1 atom stereocenters. The summed E-state index contributed by atoms with van der Waals surface area (Å²) in [5, 5.41) is 2.73. The minimum Gasteiger partial charge on any atom is -0.353 e. The van der Waals surface area contributed by atoms with E-state index in [-0.39, 0.29) is 30.0 Å². The normalized spacial score (nSPS) is 15.2. The van der Waals surface area contributed by atoms with E-state index in [2.05, 4.69) is 15.2 Å². The molecule has 0 spiro atoms. The van der Waals surface area contributed by atoms with Crippen molar-refractivity contribution in [2.24, 2.45) is 5.92 Å². The van der Waals surface area contributed by atoms with Gasteiger partial charge in [0, 0.05) is 50.9 Å². The number of benzene rings is 1. The molecule has 0 bridgehead atoms. The maximum Gasteiger partial charge on any atom is 0.224 e. The Morgan fingerprint density at radius 2 is 1.79 bits per heavy atom. The third-order valence-electron chi connectivity index (χ3n) is 4.79. The zero-order valence-corrected chi connectivity index (χ0v) is 16.0. The second-order valence-electron chi connectivity index (χ2n) is 7.12. The van der Waals surface area contributed by atoms with Gasteiger partial charge in [-0.1, -0.05) is 13.0 Å². The number of hydrogen-bond acceptors (Lipinski definition) is 4. The van der Waals surface area contributed by atoms with Gasteiger partial charge in [-0.05, 0) is 42.3 Å². The van der Waals surface area contributed by atoms with Gasteiger partial charge in [-0.3, -0.25) is 9.59 Å². The average molecular weight is 384 g/mol. The van der Waals surface area contributed by atoms with Crippen molar-refractivity contribution >= 4 is 23.3 Å². The van der Waals surface area contributed by atoms with Gasteiger partial charge in [-0.2, -0.15) is 0 Å². The predicted molar refractivity (Wildman–Crippen MR) is 106 cm³/mol. The van der Waals surface area contributed by atoms with Crippen molar-refractivity contribution in [2.45, 2.75) is 19.8 Å². The number of carbonyl (C=O) groups is 2. The first-order valence-corrected chi connectivity index (χ1v) is 9.50. The van der Waals surface area contributed by atoms with E-state index in [0.29, 0.717) is 25.2 Å². The Kier molecular flexibility index (Phi) is 6.57. The van der Waals surface area contributed by atoms with E-state index in [0.717, 1.165) is 18.9 Å². The van der Waals surface area contributed by atoms with Gasteiger partial charge in [-0.25, -0.2) is 9.37 Å². The van der Waals surface area contributed by atoms with Gasteiger partial charge >= 0.3 is 0 Å². The Labute approximate surface area is 164 Å². The maximum absolute atomic E-state index is 12.9. The van der Waals surface area contributed by atoms with Crippen LogP contribution in [0.15, 0.2) is 48.7 Å². The molecule has 7 heteroatoms. The van der Waals surface area contributed by atoms with Crippen molar-refractivity contribution in [3.8, 4) is 0 Å². The fourth-order valence-corrected chi connectivity index (χ4v) is 3.29. The fourth-order valence-electron chi connectivity index (χ4n) is 3.29. The number of halogens is 1. The first-order chi connectivity index (χ1) is 13.5. The standard InChI is InChI=1S/C21H25FN4O2/c1-16(14-20(27)24-18-7-5-17(22)6-8-18)15-21(28)26-12-10-25(11-13-26)19-4-2-3-9-23-19/h2-9,16H,10-15H2,1H3,(H,24,27)/t16-/m1/s1. The molecule has 2 aromatic rings. The van der Waals surface area contributed by atoms with Crippen LogP contribution >= 0.6 is 0 Å². The van der Waals surface area contributed by atoms with Gasteiger partial charge in [0.2, 0.25) is 11.8 Å². The van der Waals surface area contributed by atoms with Crippen LogP contribution in [0, 0.1) is 11.7 Å². The maximum atomic E-state index is 12.9. The topological polar surface area (TPSA) is 65.5 Å².